The molecule has 5 heteroatoms. The Bertz CT molecular complexity index is 649. The Morgan fingerprint density at radius 1 is 0.913 bits per heavy atom. The zero-order valence-corrected chi connectivity index (χ0v) is 12.8. The molecule has 0 aromatic heterocycles. The fourth-order valence-corrected chi connectivity index (χ4v) is 4.77. The van der Waals surface area contributed by atoms with Crippen LogP contribution in [0.4, 0.5) is 0 Å². The summed E-state index contributed by atoms with van der Waals surface area (Å²) in [5.74, 6) is -0.743. The third kappa shape index (κ3) is 2.26. The molecule has 1 N–H and O–H groups in total. The largest absolute Gasteiger partial charge is 0.481 e. The molecule has 2 saturated carbocycles. The van der Waals surface area contributed by atoms with Crippen molar-refractivity contribution in [1.82, 2.24) is 4.90 Å². The standard InChI is InChI=1S/C18H19NO4/c20-16-14-3-1-2-4-15(14)17(21)19(16)13-8-10-5-11(9-13)7-12(6-10)18(22)23/h1-4,10-13H,5-9H2,(H,22,23). The molecule has 0 radical (unpaired) electrons. The van der Waals surface area contributed by atoms with Crippen molar-refractivity contribution < 1.29 is 19.5 Å². The smallest absolute Gasteiger partial charge is 0.306 e. The number of carboxylic acids is 1. The maximum absolute atomic E-state index is 12.6. The van der Waals surface area contributed by atoms with Gasteiger partial charge in [0.15, 0.2) is 0 Å². The van der Waals surface area contributed by atoms with Gasteiger partial charge >= 0.3 is 5.97 Å². The predicted octanol–water partition coefficient (Wildman–Crippen LogP) is 2.56. The van der Waals surface area contributed by atoms with Gasteiger partial charge in [-0.05, 0) is 56.1 Å². The molecule has 1 aromatic carbocycles. The van der Waals surface area contributed by atoms with Crippen LogP contribution in [0.2, 0.25) is 0 Å². The first-order valence-corrected chi connectivity index (χ1v) is 8.24. The second-order valence-corrected chi connectivity index (χ2v) is 7.13. The summed E-state index contributed by atoms with van der Waals surface area (Å²) in [6.07, 6.45) is 3.86. The second-order valence-electron chi connectivity index (χ2n) is 7.13. The van der Waals surface area contributed by atoms with Crippen LogP contribution >= 0.6 is 0 Å². The third-order valence-corrected chi connectivity index (χ3v) is 5.65. The van der Waals surface area contributed by atoms with Gasteiger partial charge in [-0.1, -0.05) is 12.1 Å². The number of amides is 2. The van der Waals surface area contributed by atoms with Crippen molar-refractivity contribution in [3.8, 4) is 0 Å². The molecule has 2 amide bonds. The molecule has 2 fully saturated rings. The van der Waals surface area contributed by atoms with Crippen LogP contribution in [0, 0.1) is 17.8 Å². The molecule has 5 nitrogen and oxygen atoms in total. The SMILES string of the molecule is O=C(O)C1CC2CC(C1)CC(N1C(=O)c3ccccc3C1=O)C2. The van der Waals surface area contributed by atoms with E-state index in [0.29, 0.717) is 35.8 Å². The average Bonchev–Trinajstić information content (AvgIpc) is 2.78. The third-order valence-electron chi connectivity index (χ3n) is 5.65. The highest BCUT2D eigenvalue weighted by Gasteiger charge is 2.45. The fourth-order valence-electron chi connectivity index (χ4n) is 4.77. The summed E-state index contributed by atoms with van der Waals surface area (Å²) < 4.78 is 0. The number of carbonyl (C=O) groups excluding carboxylic acids is 2. The molecule has 23 heavy (non-hydrogen) atoms. The van der Waals surface area contributed by atoms with Crippen LogP contribution in [-0.2, 0) is 4.79 Å². The van der Waals surface area contributed by atoms with E-state index >= 15 is 0 Å². The number of imide groups is 1. The molecule has 3 aliphatic rings. The number of carboxylic acid groups (broad SMARTS) is 1. The highest BCUT2D eigenvalue weighted by atomic mass is 16.4. The van der Waals surface area contributed by atoms with E-state index < -0.39 is 5.97 Å². The normalized spacial score (nSPS) is 32.8. The molecule has 1 heterocycles. The monoisotopic (exact) mass is 313 g/mol. The minimum Gasteiger partial charge on any atom is -0.481 e. The number of carbonyl (C=O) groups is 3. The minimum atomic E-state index is -0.709. The molecule has 2 aliphatic carbocycles. The Balaban J connectivity index is 1.56. The number of hydrogen-bond acceptors (Lipinski definition) is 3. The van der Waals surface area contributed by atoms with Crippen LogP contribution in [0.5, 0.6) is 0 Å². The lowest BCUT2D eigenvalue weighted by atomic mass is 9.66. The van der Waals surface area contributed by atoms with Gasteiger partial charge < -0.3 is 5.11 Å². The van der Waals surface area contributed by atoms with Crippen molar-refractivity contribution in [2.45, 2.75) is 38.1 Å². The van der Waals surface area contributed by atoms with Crippen LogP contribution in [0.15, 0.2) is 24.3 Å². The van der Waals surface area contributed by atoms with Crippen LogP contribution in [0.1, 0.15) is 52.8 Å². The molecular formula is C18H19NO4. The summed E-state index contributed by atoms with van der Waals surface area (Å²) >= 11 is 0. The fraction of sp³-hybridized carbons (Fsp3) is 0.500. The maximum atomic E-state index is 12.6. The van der Waals surface area contributed by atoms with Crippen LogP contribution in [-0.4, -0.2) is 33.8 Å². The van der Waals surface area contributed by atoms with Gasteiger partial charge in [-0.2, -0.15) is 0 Å². The summed E-state index contributed by atoms with van der Waals surface area (Å²) in [6, 6.07) is 6.89. The number of benzene rings is 1. The minimum absolute atomic E-state index is 0.0825. The number of rotatable bonds is 2. The summed E-state index contributed by atoms with van der Waals surface area (Å²) in [5, 5.41) is 9.25. The van der Waals surface area contributed by atoms with Crippen molar-refractivity contribution in [2.75, 3.05) is 0 Å². The van der Waals surface area contributed by atoms with Gasteiger partial charge in [-0.3, -0.25) is 19.3 Å². The second kappa shape index (κ2) is 5.18. The van der Waals surface area contributed by atoms with Gasteiger partial charge in [0.2, 0.25) is 0 Å². The number of hydrogen-bond donors (Lipinski definition) is 1. The van der Waals surface area contributed by atoms with Gasteiger partial charge in [0.05, 0.1) is 17.0 Å². The lowest BCUT2D eigenvalue weighted by molar-refractivity contribution is -0.144. The van der Waals surface area contributed by atoms with E-state index in [1.54, 1.807) is 24.3 Å². The first kappa shape index (κ1) is 14.4. The molecule has 1 aliphatic heterocycles. The Hall–Kier alpha value is -2.17. The number of nitrogens with zero attached hydrogens (tertiary/aromatic N) is 1. The zero-order valence-electron chi connectivity index (χ0n) is 12.8. The van der Waals surface area contributed by atoms with Gasteiger partial charge in [0, 0.05) is 6.04 Å². The van der Waals surface area contributed by atoms with Gasteiger partial charge in [0.1, 0.15) is 0 Å². The highest BCUT2D eigenvalue weighted by molar-refractivity contribution is 6.21. The molecule has 2 atom stereocenters. The molecule has 0 spiro atoms. The lowest BCUT2D eigenvalue weighted by Crippen LogP contribution is -2.47. The van der Waals surface area contributed by atoms with Crippen molar-refractivity contribution in [1.29, 1.82) is 0 Å². The molecule has 1 aromatic rings. The van der Waals surface area contributed by atoms with E-state index in [0.717, 1.165) is 19.3 Å². The lowest BCUT2D eigenvalue weighted by Gasteiger charge is -2.43. The van der Waals surface area contributed by atoms with Crippen LogP contribution in [0.25, 0.3) is 0 Å². The topological polar surface area (TPSA) is 74.7 Å². The van der Waals surface area contributed by atoms with E-state index in [4.69, 9.17) is 0 Å². The summed E-state index contributed by atoms with van der Waals surface area (Å²) in [6.45, 7) is 0. The van der Waals surface area contributed by atoms with Gasteiger partial charge in [0.25, 0.3) is 11.8 Å². The first-order valence-electron chi connectivity index (χ1n) is 8.24. The van der Waals surface area contributed by atoms with E-state index in [2.05, 4.69) is 0 Å². The first-order chi connectivity index (χ1) is 11.0. The Morgan fingerprint density at radius 3 is 1.91 bits per heavy atom. The van der Waals surface area contributed by atoms with Crippen molar-refractivity contribution in [3.05, 3.63) is 35.4 Å². The molecular weight excluding hydrogens is 294 g/mol. The molecule has 2 bridgehead atoms. The molecule has 120 valence electrons. The molecule has 4 rings (SSSR count). The summed E-state index contributed by atoms with van der Waals surface area (Å²) in [7, 11) is 0. The Labute approximate surface area is 134 Å². The van der Waals surface area contributed by atoms with E-state index in [1.807, 2.05) is 0 Å². The maximum Gasteiger partial charge on any atom is 0.306 e. The predicted molar refractivity (Wildman–Crippen MR) is 81.9 cm³/mol. The molecule has 0 saturated heterocycles. The van der Waals surface area contributed by atoms with Crippen LogP contribution < -0.4 is 0 Å². The van der Waals surface area contributed by atoms with Crippen molar-refractivity contribution in [3.63, 3.8) is 0 Å². The Kier molecular flexibility index (Phi) is 3.25. The number of fused-ring (bicyclic) bond motifs is 3. The Morgan fingerprint density at radius 2 is 1.43 bits per heavy atom. The van der Waals surface area contributed by atoms with E-state index in [9.17, 15) is 19.5 Å². The molecule has 2 unspecified atom stereocenters. The van der Waals surface area contributed by atoms with Gasteiger partial charge in [-0.25, -0.2) is 0 Å². The average molecular weight is 313 g/mol. The zero-order chi connectivity index (χ0) is 16.1. The van der Waals surface area contributed by atoms with E-state index in [-0.39, 0.29) is 23.8 Å². The summed E-state index contributed by atoms with van der Waals surface area (Å²) in [4.78, 5) is 37.9. The van der Waals surface area contributed by atoms with E-state index in [1.165, 1.54) is 4.90 Å². The van der Waals surface area contributed by atoms with Crippen LogP contribution in [0.3, 0.4) is 0 Å². The highest BCUT2D eigenvalue weighted by Crippen LogP contribution is 2.45. The quantitative estimate of drug-likeness (QED) is 0.852. The van der Waals surface area contributed by atoms with Crippen molar-refractivity contribution >= 4 is 17.8 Å². The van der Waals surface area contributed by atoms with Crippen molar-refractivity contribution in [2.24, 2.45) is 17.8 Å². The summed E-state index contributed by atoms with van der Waals surface area (Å²) in [5.41, 5.74) is 0.994. The van der Waals surface area contributed by atoms with Gasteiger partial charge in [-0.15, -0.1) is 0 Å². The number of aliphatic carboxylic acids is 1.